The normalized spacial score (nSPS) is 13.2. The minimum atomic E-state index is -0.157. The van der Waals surface area contributed by atoms with E-state index in [9.17, 15) is 0 Å². The van der Waals surface area contributed by atoms with Crippen LogP contribution in [0.2, 0.25) is 0 Å². The van der Waals surface area contributed by atoms with Crippen LogP contribution in [0.5, 0.6) is 0 Å². The number of nitrogens with zero attached hydrogens (tertiary/aromatic N) is 1. The summed E-state index contributed by atoms with van der Waals surface area (Å²) in [6.45, 7) is 7.74. The van der Waals surface area contributed by atoms with E-state index in [1.165, 1.54) is 0 Å². The molecule has 2 N–H and O–H groups in total. The first-order valence-corrected chi connectivity index (χ1v) is 3.01. The molecular weight excluding hydrogens is 126 g/mol. The molecule has 3 heteroatoms. The molecular formula is C7H12N3. The van der Waals surface area contributed by atoms with E-state index in [1.807, 2.05) is 0 Å². The zero-order chi connectivity index (χ0) is 7.82. The van der Waals surface area contributed by atoms with Gasteiger partial charge in [-0.25, -0.2) is 0 Å². The summed E-state index contributed by atoms with van der Waals surface area (Å²) in [4.78, 5) is 3.74. The molecule has 0 aromatic rings. The molecule has 0 spiro atoms. The van der Waals surface area contributed by atoms with Crippen molar-refractivity contribution in [3.05, 3.63) is 25.3 Å². The van der Waals surface area contributed by atoms with Gasteiger partial charge < -0.3 is 0 Å². The molecule has 0 aliphatic heterocycles. The smallest absolute Gasteiger partial charge is 0.120 e. The number of rotatable bonds is 5. The van der Waals surface area contributed by atoms with Crippen LogP contribution in [0.25, 0.3) is 0 Å². The van der Waals surface area contributed by atoms with Crippen LogP contribution < -0.4 is 11.1 Å². The maximum absolute atomic E-state index is 6.67. The Balaban J connectivity index is 3.59. The second kappa shape index (κ2) is 6.04. The third kappa shape index (κ3) is 3.86. The van der Waals surface area contributed by atoms with E-state index in [1.54, 1.807) is 12.2 Å². The van der Waals surface area contributed by atoms with Crippen molar-refractivity contribution in [2.75, 3.05) is 6.54 Å². The van der Waals surface area contributed by atoms with Gasteiger partial charge in [-0.3, -0.25) is 16.0 Å². The van der Waals surface area contributed by atoms with Gasteiger partial charge in [-0.05, 0) is 0 Å². The number of aliphatic imine (C=N–C) groups is 1. The predicted molar refractivity (Wildman–Crippen MR) is 43.8 cm³/mol. The largest absolute Gasteiger partial charge is 0.290 e. The molecule has 0 aromatic carbocycles. The van der Waals surface area contributed by atoms with Crippen LogP contribution in [-0.4, -0.2) is 19.0 Å². The van der Waals surface area contributed by atoms with Gasteiger partial charge in [0.25, 0.3) is 0 Å². The van der Waals surface area contributed by atoms with Gasteiger partial charge in [-0.1, -0.05) is 18.7 Å². The van der Waals surface area contributed by atoms with Gasteiger partial charge in [0.05, 0.1) is 0 Å². The average molecular weight is 138 g/mol. The van der Waals surface area contributed by atoms with Gasteiger partial charge >= 0.3 is 0 Å². The lowest BCUT2D eigenvalue weighted by Gasteiger charge is -2.05. The van der Waals surface area contributed by atoms with Crippen LogP contribution in [0.3, 0.4) is 0 Å². The Morgan fingerprint density at radius 2 is 2.30 bits per heavy atom. The second-order valence-corrected chi connectivity index (χ2v) is 1.66. The molecule has 0 amide bonds. The van der Waals surface area contributed by atoms with Gasteiger partial charge in [0.2, 0.25) is 0 Å². The fourth-order valence-corrected chi connectivity index (χ4v) is 0.481. The lowest BCUT2D eigenvalue weighted by atomic mass is 10.4. The first kappa shape index (κ1) is 8.91. The van der Waals surface area contributed by atoms with Crippen molar-refractivity contribution in [3.8, 4) is 0 Å². The van der Waals surface area contributed by atoms with Crippen molar-refractivity contribution >= 4 is 6.34 Å². The summed E-state index contributed by atoms with van der Waals surface area (Å²) in [5, 5.41) is 2.97. The van der Waals surface area contributed by atoms with Crippen LogP contribution >= 0.6 is 0 Å². The molecule has 0 fully saturated rings. The van der Waals surface area contributed by atoms with Crippen LogP contribution in [-0.2, 0) is 0 Å². The average Bonchev–Trinajstić information content (AvgIpc) is 1.98. The van der Waals surface area contributed by atoms with E-state index in [-0.39, 0.29) is 6.17 Å². The molecule has 1 radical (unpaired) electrons. The Kier molecular flexibility index (Phi) is 5.38. The quantitative estimate of drug-likeness (QED) is 0.337. The minimum absolute atomic E-state index is 0.157. The highest BCUT2D eigenvalue weighted by Gasteiger charge is 1.93. The van der Waals surface area contributed by atoms with Crippen LogP contribution in [0.15, 0.2) is 30.3 Å². The summed E-state index contributed by atoms with van der Waals surface area (Å²) in [7, 11) is 0. The molecule has 0 aliphatic carbocycles. The van der Waals surface area contributed by atoms with Gasteiger partial charge in [-0.2, -0.15) is 0 Å². The molecule has 0 saturated carbocycles. The number of hydrogen-bond acceptors (Lipinski definition) is 2. The van der Waals surface area contributed by atoms with E-state index < -0.39 is 0 Å². The van der Waals surface area contributed by atoms with Crippen molar-refractivity contribution < 1.29 is 0 Å². The minimum Gasteiger partial charge on any atom is -0.290 e. The van der Waals surface area contributed by atoms with Crippen LogP contribution in [0.4, 0.5) is 0 Å². The van der Waals surface area contributed by atoms with Crippen molar-refractivity contribution in [3.63, 3.8) is 0 Å². The molecule has 0 rings (SSSR count). The Morgan fingerprint density at radius 3 is 2.70 bits per heavy atom. The standard InChI is InChI=1S/C7H12N3/c1-3-5-9-7(4-2)10-6-8/h3-4,6-9H,1-2,5H2. The third-order valence-electron chi connectivity index (χ3n) is 0.930. The van der Waals surface area contributed by atoms with Crippen molar-refractivity contribution in [2.24, 2.45) is 4.99 Å². The summed E-state index contributed by atoms with van der Waals surface area (Å²) in [5.41, 5.74) is 6.67. The highest BCUT2D eigenvalue weighted by Crippen LogP contribution is 1.83. The Hall–Kier alpha value is -1.09. The third-order valence-corrected chi connectivity index (χ3v) is 0.930. The molecule has 10 heavy (non-hydrogen) atoms. The molecule has 3 nitrogen and oxygen atoms in total. The highest BCUT2D eigenvalue weighted by atomic mass is 15.1. The number of hydrogen-bond donors (Lipinski definition) is 1. The Morgan fingerprint density at radius 1 is 1.60 bits per heavy atom. The van der Waals surface area contributed by atoms with Gasteiger partial charge in [0.1, 0.15) is 12.5 Å². The van der Waals surface area contributed by atoms with Gasteiger partial charge in [0.15, 0.2) is 0 Å². The summed E-state index contributed by atoms with van der Waals surface area (Å²) < 4.78 is 0. The lowest BCUT2D eigenvalue weighted by Crippen LogP contribution is -2.25. The summed E-state index contributed by atoms with van der Waals surface area (Å²) >= 11 is 0. The molecule has 0 aromatic heterocycles. The molecule has 55 valence electrons. The lowest BCUT2D eigenvalue weighted by molar-refractivity contribution is 0.665. The zero-order valence-corrected chi connectivity index (χ0v) is 5.88. The van der Waals surface area contributed by atoms with E-state index in [0.29, 0.717) is 6.54 Å². The topological polar surface area (TPSA) is 48.2 Å². The van der Waals surface area contributed by atoms with Crippen molar-refractivity contribution in [1.29, 1.82) is 0 Å². The second-order valence-electron chi connectivity index (χ2n) is 1.66. The molecule has 0 saturated heterocycles. The summed E-state index contributed by atoms with van der Waals surface area (Å²) in [5.74, 6) is 0. The van der Waals surface area contributed by atoms with Crippen molar-refractivity contribution in [2.45, 2.75) is 6.17 Å². The first-order chi connectivity index (χ1) is 4.85. The maximum atomic E-state index is 6.67. The molecule has 0 bridgehead atoms. The fourth-order valence-electron chi connectivity index (χ4n) is 0.481. The van der Waals surface area contributed by atoms with E-state index in [0.717, 1.165) is 6.34 Å². The molecule has 0 heterocycles. The summed E-state index contributed by atoms with van der Waals surface area (Å²) in [6.07, 6.45) is 4.21. The highest BCUT2D eigenvalue weighted by molar-refractivity contribution is 5.50. The van der Waals surface area contributed by atoms with Crippen molar-refractivity contribution in [1.82, 2.24) is 11.1 Å². The van der Waals surface area contributed by atoms with Gasteiger partial charge in [-0.15, -0.1) is 6.58 Å². The fraction of sp³-hybridized carbons (Fsp3) is 0.286. The molecule has 1 atom stereocenters. The van der Waals surface area contributed by atoms with E-state index >= 15 is 0 Å². The Labute approximate surface area is 61.3 Å². The van der Waals surface area contributed by atoms with E-state index in [2.05, 4.69) is 23.5 Å². The van der Waals surface area contributed by atoms with Crippen LogP contribution in [0.1, 0.15) is 0 Å². The predicted octanol–water partition coefficient (Wildman–Crippen LogP) is 0.585. The zero-order valence-electron chi connectivity index (χ0n) is 5.88. The summed E-state index contributed by atoms with van der Waals surface area (Å²) in [6, 6.07) is 0. The van der Waals surface area contributed by atoms with E-state index in [4.69, 9.17) is 5.73 Å². The van der Waals surface area contributed by atoms with Crippen LogP contribution in [0, 0.1) is 0 Å². The van der Waals surface area contributed by atoms with Gasteiger partial charge in [0, 0.05) is 6.54 Å². The molecule has 1 unspecified atom stereocenters. The maximum Gasteiger partial charge on any atom is 0.120 e. The SMILES string of the molecule is C=CCNC(C=C)N=C[NH]. The number of nitrogens with one attached hydrogen (secondary N) is 2. The monoisotopic (exact) mass is 138 g/mol. The first-order valence-electron chi connectivity index (χ1n) is 3.01. The Bertz CT molecular complexity index is 129. The molecule has 0 aliphatic rings.